The minimum atomic E-state index is -0.194. The van der Waals surface area contributed by atoms with Crippen molar-refractivity contribution in [2.24, 2.45) is 0 Å². The summed E-state index contributed by atoms with van der Waals surface area (Å²) in [5.74, 6) is 1.01. The molecular formula is C18H21BrN2O2S. The lowest BCUT2D eigenvalue weighted by atomic mass is 9.85. The van der Waals surface area contributed by atoms with Gasteiger partial charge in [-0.25, -0.2) is 0 Å². The Morgan fingerprint density at radius 2 is 2.12 bits per heavy atom. The molecule has 1 aliphatic carbocycles. The van der Waals surface area contributed by atoms with Crippen LogP contribution in [-0.2, 0) is 4.79 Å². The minimum absolute atomic E-state index is 0.107. The molecule has 0 aromatic heterocycles. The Morgan fingerprint density at radius 3 is 2.79 bits per heavy atom. The number of nitrogens with one attached hydrogen (secondary N) is 1. The fraction of sp³-hybridized carbons (Fsp3) is 0.444. The highest BCUT2D eigenvalue weighted by atomic mass is 79.9. The third-order valence-electron chi connectivity index (χ3n) is 4.35. The van der Waals surface area contributed by atoms with E-state index in [0.29, 0.717) is 11.5 Å². The molecule has 1 atom stereocenters. The number of ether oxygens (including phenoxy) is 1. The molecule has 24 heavy (non-hydrogen) atoms. The van der Waals surface area contributed by atoms with Crippen molar-refractivity contribution in [2.75, 3.05) is 7.05 Å². The number of hydrogen-bond acceptors (Lipinski definition) is 3. The van der Waals surface area contributed by atoms with Gasteiger partial charge in [0.25, 0.3) is 0 Å². The fourth-order valence-electron chi connectivity index (χ4n) is 3.23. The maximum Gasteiger partial charge on any atom is 0.173 e. The zero-order chi connectivity index (χ0) is 17.4. The molecule has 2 aliphatic rings. The molecule has 0 radical (unpaired) electrons. The molecule has 1 aromatic carbocycles. The van der Waals surface area contributed by atoms with Gasteiger partial charge in [0.15, 0.2) is 10.9 Å². The lowest BCUT2D eigenvalue weighted by Gasteiger charge is -2.39. The zero-order valence-corrected chi connectivity index (χ0v) is 16.5. The van der Waals surface area contributed by atoms with Crippen molar-refractivity contribution >= 4 is 39.0 Å². The third kappa shape index (κ3) is 3.22. The van der Waals surface area contributed by atoms with E-state index in [1.54, 1.807) is 0 Å². The molecule has 0 bridgehead atoms. The smallest absolute Gasteiger partial charge is 0.173 e. The van der Waals surface area contributed by atoms with Crippen LogP contribution in [0.25, 0.3) is 0 Å². The topological polar surface area (TPSA) is 41.6 Å². The summed E-state index contributed by atoms with van der Waals surface area (Å²) in [4.78, 5) is 14.5. The predicted molar refractivity (Wildman–Crippen MR) is 102 cm³/mol. The summed E-state index contributed by atoms with van der Waals surface area (Å²) in [6.07, 6.45) is 2.50. The van der Waals surface area contributed by atoms with E-state index in [2.05, 4.69) is 21.2 Å². The van der Waals surface area contributed by atoms with Gasteiger partial charge in [-0.15, -0.1) is 0 Å². The maximum absolute atomic E-state index is 12.6. The summed E-state index contributed by atoms with van der Waals surface area (Å²) in [6, 6.07) is 5.76. The van der Waals surface area contributed by atoms with E-state index in [0.717, 1.165) is 39.9 Å². The molecule has 0 saturated heterocycles. The number of hydrogen-bond donors (Lipinski definition) is 1. The van der Waals surface area contributed by atoms with Crippen LogP contribution in [-0.4, -0.2) is 28.9 Å². The van der Waals surface area contributed by atoms with Crippen molar-refractivity contribution in [2.45, 2.75) is 45.3 Å². The number of ketones is 1. The highest BCUT2D eigenvalue weighted by Crippen LogP contribution is 2.38. The normalized spacial score (nSPS) is 21.0. The third-order valence-corrected chi connectivity index (χ3v) is 5.36. The molecule has 1 heterocycles. The van der Waals surface area contributed by atoms with Crippen LogP contribution in [0.4, 0.5) is 0 Å². The van der Waals surface area contributed by atoms with Crippen LogP contribution in [0.5, 0.6) is 5.75 Å². The van der Waals surface area contributed by atoms with Crippen LogP contribution < -0.4 is 10.1 Å². The first-order chi connectivity index (χ1) is 11.4. The molecule has 1 aromatic rings. The largest absolute Gasteiger partial charge is 0.490 e. The summed E-state index contributed by atoms with van der Waals surface area (Å²) in [5.41, 5.74) is 2.91. The van der Waals surface area contributed by atoms with Crippen molar-refractivity contribution in [3.63, 3.8) is 0 Å². The number of rotatable bonds is 3. The Balaban J connectivity index is 2.01. The number of Topliss-reactive ketones (excluding diaryl/α,β-unsaturated/α-hetero) is 1. The average Bonchev–Trinajstić information content (AvgIpc) is 2.52. The summed E-state index contributed by atoms with van der Waals surface area (Å²) >= 11 is 9.04. The highest BCUT2D eigenvalue weighted by Gasteiger charge is 2.35. The molecule has 1 unspecified atom stereocenters. The molecule has 0 amide bonds. The van der Waals surface area contributed by atoms with Crippen molar-refractivity contribution in [1.82, 2.24) is 10.2 Å². The molecule has 0 saturated carbocycles. The molecule has 0 fully saturated rings. The van der Waals surface area contributed by atoms with Crippen LogP contribution in [0.3, 0.4) is 0 Å². The number of carbonyl (C=O) groups is 1. The first-order valence-corrected chi connectivity index (χ1v) is 9.35. The first kappa shape index (κ1) is 17.4. The monoisotopic (exact) mass is 408 g/mol. The average molecular weight is 409 g/mol. The van der Waals surface area contributed by atoms with Crippen molar-refractivity contribution < 1.29 is 9.53 Å². The maximum atomic E-state index is 12.6. The molecule has 3 rings (SSSR count). The van der Waals surface area contributed by atoms with Crippen molar-refractivity contribution in [3.05, 3.63) is 39.5 Å². The van der Waals surface area contributed by atoms with E-state index >= 15 is 0 Å². The van der Waals surface area contributed by atoms with Gasteiger partial charge in [-0.3, -0.25) is 4.79 Å². The number of benzene rings is 1. The molecule has 128 valence electrons. The fourth-order valence-corrected chi connectivity index (χ4v) is 3.95. The SMILES string of the molecule is CC(C)Oc1ccc(C2NC(=S)N(C)C3=C2C(=O)CCC3)cc1Br. The molecule has 1 N–H and O–H groups in total. The Hall–Kier alpha value is -1.40. The number of nitrogens with zero attached hydrogens (tertiary/aromatic N) is 1. The standard InChI is InChI=1S/C18H21BrN2O2S/c1-10(2)23-15-8-7-11(9-12(15)19)17-16-13(5-4-6-14(16)22)21(3)18(24)20-17/h7-10,17H,4-6H2,1-3H3,(H,20,24). The molecular weight excluding hydrogens is 388 g/mol. The lowest BCUT2D eigenvalue weighted by Crippen LogP contribution is -2.47. The van der Waals surface area contributed by atoms with Crippen LogP contribution in [0.1, 0.15) is 44.7 Å². The Morgan fingerprint density at radius 1 is 1.38 bits per heavy atom. The van der Waals surface area contributed by atoms with Gasteiger partial charge in [0.05, 0.1) is 16.6 Å². The first-order valence-electron chi connectivity index (χ1n) is 8.15. The van der Waals surface area contributed by atoms with Gasteiger partial charge >= 0.3 is 0 Å². The summed E-state index contributed by atoms with van der Waals surface area (Å²) in [6.45, 7) is 3.99. The Labute approximate surface area is 156 Å². The number of thiocarbonyl (C=S) groups is 1. The van der Waals surface area contributed by atoms with E-state index in [1.807, 2.05) is 44.0 Å². The van der Waals surface area contributed by atoms with E-state index in [-0.39, 0.29) is 17.9 Å². The number of allylic oxidation sites excluding steroid dienone is 1. The van der Waals surface area contributed by atoms with Gasteiger partial charge in [0.2, 0.25) is 0 Å². The number of carbonyl (C=O) groups excluding carboxylic acids is 1. The van der Waals surface area contributed by atoms with Crippen molar-refractivity contribution in [3.8, 4) is 5.75 Å². The van der Waals surface area contributed by atoms with Crippen LogP contribution in [0.2, 0.25) is 0 Å². The van der Waals surface area contributed by atoms with E-state index in [4.69, 9.17) is 17.0 Å². The predicted octanol–water partition coefficient (Wildman–Crippen LogP) is 4.10. The number of halogens is 1. The van der Waals surface area contributed by atoms with Gasteiger partial charge in [-0.1, -0.05) is 6.07 Å². The van der Waals surface area contributed by atoms with Crippen molar-refractivity contribution in [1.29, 1.82) is 0 Å². The van der Waals surface area contributed by atoms with Crippen LogP contribution >= 0.6 is 28.1 Å². The van der Waals surface area contributed by atoms with Crippen LogP contribution in [0.15, 0.2) is 33.9 Å². The summed E-state index contributed by atoms with van der Waals surface area (Å²) < 4.78 is 6.65. The quantitative estimate of drug-likeness (QED) is 0.762. The van der Waals surface area contributed by atoms with E-state index < -0.39 is 0 Å². The molecule has 6 heteroatoms. The Bertz CT molecular complexity index is 730. The molecule has 1 aliphatic heterocycles. The van der Waals surface area contributed by atoms with E-state index in [1.165, 1.54) is 0 Å². The van der Waals surface area contributed by atoms with Gasteiger partial charge in [0, 0.05) is 24.7 Å². The van der Waals surface area contributed by atoms with Gasteiger partial charge in [0.1, 0.15) is 5.75 Å². The minimum Gasteiger partial charge on any atom is -0.490 e. The second-order valence-electron chi connectivity index (χ2n) is 6.44. The van der Waals surface area contributed by atoms with Gasteiger partial charge < -0.3 is 15.0 Å². The second-order valence-corrected chi connectivity index (χ2v) is 7.68. The lowest BCUT2D eigenvalue weighted by molar-refractivity contribution is -0.116. The zero-order valence-electron chi connectivity index (χ0n) is 14.1. The summed E-state index contributed by atoms with van der Waals surface area (Å²) in [5, 5.41) is 3.98. The summed E-state index contributed by atoms with van der Waals surface area (Å²) in [7, 11) is 1.93. The molecule has 0 spiro atoms. The van der Waals surface area contributed by atoms with Gasteiger partial charge in [-0.05, 0) is 72.5 Å². The van der Waals surface area contributed by atoms with E-state index in [9.17, 15) is 4.79 Å². The molecule has 4 nitrogen and oxygen atoms in total. The Kier molecular flexibility index (Phi) is 4.97. The van der Waals surface area contributed by atoms with Gasteiger partial charge in [-0.2, -0.15) is 0 Å². The highest BCUT2D eigenvalue weighted by molar-refractivity contribution is 9.10. The second kappa shape index (κ2) is 6.84. The van der Waals surface area contributed by atoms with Crippen LogP contribution in [0, 0.1) is 0 Å².